The Balaban J connectivity index is 1.34. The van der Waals surface area contributed by atoms with Crippen molar-refractivity contribution in [2.45, 2.75) is 52.4 Å². The van der Waals surface area contributed by atoms with E-state index in [2.05, 4.69) is 32.8 Å². The third kappa shape index (κ3) is 4.74. The molecule has 2 amide bonds. The molecule has 3 heterocycles. The number of amides is 2. The van der Waals surface area contributed by atoms with E-state index in [-0.39, 0.29) is 24.1 Å². The molecule has 2 atom stereocenters. The second-order valence-corrected chi connectivity index (χ2v) is 8.54. The second kappa shape index (κ2) is 9.09. The lowest BCUT2D eigenvalue weighted by molar-refractivity contribution is -0.131. The minimum Gasteiger partial charge on any atom is -0.368 e. The number of hydrogen-bond acceptors (Lipinski definition) is 5. The average molecular weight is 425 g/mol. The lowest BCUT2D eigenvalue weighted by Gasteiger charge is -2.36. The standard InChI is InChI=1S/C23H32N6O2/c1-16-15-21(30)25-23(24-16)29-18(3)20(17(2)26-29)9-10-22(31)28-13-11-27(12-14-28)19-7-5-4-6-8-19/h4-8,16,23-24H,9-15H2,1-3H3,(H,25,30). The van der Waals surface area contributed by atoms with Crippen LogP contribution < -0.4 is 15.5 Å². The van der Waals surface area contributed by atoms with Crippen molar-refractivity contribution < 1.29 is 9.59 Å². The summed E-state index contributed by atoms with van der Waals surface area (Å²) < 4.78 is 1.83. The van der Waals surface area contributed by atoms with E-state index in [1.165, 1.54) is 5.69 Å². The normalized spacial score (nSPS) is 21.8. The van der Waals surface area contributed by atoms with Crippen LogP contribution in [0.25, 0.3) is 0 Å². The Bertz CT molecular complexity index is 933. The van der Waals surface area contributed by atoms with Crippen LogP contribution in [0.2, 0.25) is 0 Å². The summed E-state index contributed by atoms with van der Waals surface area (Å²) in [6.07, 6.45) is 1.25. The summed E-state index contributed by atoms with van der Waals surface area (Å²) in [5.41, 5.74) is 4.20. The zero-order chi connectivity index (χ0) is 22.0. The van der Waals surface area contributed by atoms with Gasteiger partial charge in [-0.15, -0.1) is 0 Å². The minimum atomic E-state index is -0.342. The van der Waals surface area contributed by atoms with Crippen molar-refractivity contribution in [2.75, 3.05) is 31.1 Å². The smallest absolute Gasteiger partial charge is 0.224 e. The maximum absolute atomic E-state index is 12.8. The van der Waals surface area contributed by atoms with Gasteiger partial charge in [-0.1, -0.05) is 18.2 Å². The third-order valence-corrected chi connectivity index (χ3v) is 6.29. The highest BCUT2D eigenvalue weighted by Crippen LogP contribution is 2.21. The summed E-state index contributed by atoms with van der Waals surface area (Å²) in [5, 5.41) is 11.0. The van der Waals surface area contributed by atoms with Crippen molar-refractivity contribution >= 4 is 17.5 Å². The molecule has 2 aliphatic rings. The number of nitrogens with zero attached hydrogens (tertiary/aromatic N) is 4. The van der Waals surface area contributed by atoms with Crippen molar-refractivity contribution in [3.8, 4) is 0 Å². The third-order valence-electron chi connectivity index (χ3n) is 6.29. The van der Waals surface area contributed by atoms with Crippen molar-refractivity contribution in [1.82, 2.24) is 25.3 Å². The van der Waals surface area contributed by atoms with E-state index >= 15 is 0 Å². The first-order valence-electron chi connectivity index (χ1n) is 11.1. The molecule has 2 N–H and O–H groups in total. The van der Waals surface area contributed by atoms with Crippen LogP contribution in [0.4, 0.5) is 5.69 Å². The van der Waals surface area contributed by atoms with Crippen LogP contribution in [0.1, 0.15) is 43.0 Å². The molecule has 0 bridgehead atoms. The van der Waals surface area contributed by atoms with Crippen molar-refractivity contribution in [3.05, 3.63) is 47.3 Å². The van der Waals surface area contributed by atoms with Gasteiger partial charge in [0.15, 0.2) is 6.29 Å². The number of aryl methyl sites for hydroxylation is 1. The summed E-state index contributed by atoms with van der Waals surface area (Å²) in [7, 11) is 0. The van der Waals surface area contributed by atoms with E-state index in [4.69, 9.17) is 0 Å². The topological polar surface area (TPSA) is 82.5 Å². The molecule has 0 aliphatic carbocycles. The Labute approximate surface area is 183 Å². The number of rotatable bonds is 5. The van der Waals surface area contributed by atoms with Gasteiger partial charge >= 0.3 is 0 Å². The molecule has 2 unspecified atom stereocenters. The van der Waals surface area contributed by atoms with E-state index in [9.17, 15) is 9.59 Å². The molecule has 0 spiro atoms. The number of hydrogen-bond donors (Lipinski definition) is 2. The summed E-state index contributed by atoms with van der Waals surface area (Å²) in [5.74, 6) is 0.215. The first kappa shape index (κ1) is 21.4. The van der Waals surface area contributed by atoms with E-state index in [1.807, 2.05) is 48.6 Å². The second-order valence-electron chi connectivity index (χ2n) is 8.54. The van der Waals surface area contributed by atoms with Gasteiger partial charge < -0.3 is 15.1 Å². The van der Waals surface area contributed by atoms with Crippen LogP contribution in [0, 0.1) is 13.8 Å². The molecular formula is C23H32N6O2. The van der Waals surface area contributed by atoms with Crippen LogP contribution in [-0.2, 0) is 16.0 Å². The summed E-state index contributed by atoms with van der Waals surface area (Å²) in [4.78, 5) is 29.1. The quantitative estimate of drug-likeness (QED) is 0.764. The van der Waals surface area contributed by atoms with Gasteiger partial charge in [0.2, 0.25) is 11.8 Å². The first-order chi connectivity index (χ1) is 14.9. The molecule has 2 saturated heterocycles. The fourth-order valence-electron chi connectivity index (χ4n) is 4.54. The van der Waals surface area contributed by atoms with Gasteiger partial charge in [-0.2, -0.15) is 5.10 Å². The average Bonchev–Trinajstić information content (AvgIpc) is 3.05. The molecule has 8 heteroatoms. The number of carbonyl (C=O) groups excluding carboxylic acids is 2. The van der Waals surface area contributed by atoms with Gasteiger partial charge in [-0.25, -0.2) is 4.68 Å². The van der Waals surface area contributed by atoms with E-state index in [0.717, 1.165) is 43.1 Å². The highest BCUT2D eigenvalue weighted by atomic mass is 16.2. The number of carbonyl (C=O) groups is 2. The van der Waals surface area contributed by atoms with Crippen LogP contribution in [0.15, 0.2) is 30.3 Å². The van der Waals surface area contributed by atoms with Crippen LogP contribution in [0.5, 0.6) is 0 Å². The molecule has 4 rings (SSSR count). The van der Waals surface area contributed by atoms with Gasteiger partial charge in [-0.3, -0.25) is 14.9 Å². The Morgan fingerprint density at radius 3 is 2.52 bits per heavy atom. The molecule has 166 valence electrons. The van der Waals surface area contributed by atoms with E-state index in [0.29, 0.717) is 19.3 Å². The Kier molecular flexibility index (Phi) is 6.27. The molecule has 2 aliphatic heterocycles. The lowest BCUT2D eigenvalue weighted by atomic mass is 10.1. The Morgan fingerprint density at radius 2 is 1.84 bits per heavy atom. The molecular weight excluding hydrogens is 392 g/mol. The van der Waals surface area contributed by atoms with Gasteiger partial charge in [0.25, 0.3) is 0 Å². The molecule has 1 aromatic carbocycles. The maximum Gasteiger partial charge on any atom is 0.224 e. The van der Waals surface area contributed by atoms with Crippen molar-refractivity contribution in [1.29, 1.82) is 0 Å². The number of benzene rings is 1. The number of aromatic nitrogens is 2. The summed E-state index contributed by atoms with van der Waals surface area (Å²) >= 11 is 0. The van der Waals surface area contributed by atoms with Crippen LogP contribution in [-0.4, -0.2) is 58.7 Å². The van der Waals surface area contributed by atoms with E-state index in [1.54, 1.807) is 0 Å². The first-order valence-corrected chi connectivity index (χ1v) is 11.1. The highest BCUT2D eigenvalue weighted by molar-refractivity contribution is 5.77. The fraction of sp³-hybridized carbons (Fsp3) is 0.522. The fourth-order valence-corrected chi connectivity index (χ4v) is 4.54. The van der Waals surface area contributed by atoms with Crippen LogP contribution >= 0.6 is 0 Å². The van der Waals surface area contributed by atoms with E-state index < -0.39 is 0 Å². The molecule has 1 aromatic heterocycles. The van der Waals surface area contributed by atoms with Crippen molar-refractivity contribution in [2.24, 2.45) is 0 Å². The molecule has 2 fully saturated rings. The summed E-state index contributed by atoms with van der Waals surface area (Å²) in [6, 6.07) is 10.5. The Hall–Kier alpha value is -2.87. The van der Waals surface area contributed by atoms with Crippen LogP contribution in [0.3, 0.4) is 0 Å². The minimum absolute atomic E-state index is 0.0233. The largest absolute Gasteiger partial charge is 0.368 e. The van der Waals surface area contributed by atoms with Gasteiger partial charge in [0.1, 0.15) is 0 Å². The predicted octanol–water partition coefficient (Wildman–Crippen LogP) is 1.74. The Morgan fingerprint density at radius 1 is 1.13 bits per heavy atom. The molecule has 0 saturated carbocycles. The molecule has 2 aromatic rings. The molecule has 8 nitrogen and oxygen atoms in total. The van der Waals surface area contributed by atoms with Gasteiger partial charge in [0, 0.05) is 56.4 Å². The van der Waals surface area contributed by atoms with Gasteiger partial charge in [0.05, 0.1) is 5.69 Å². The zero-order valence-electron chi connectivity index (χ0n) is 18.6. The number of nitrogens with one attached hydrogen (secondary N) is 2. The lowest BCUT2D eigenvalue weighted by Crippen LogP contribution is -2.52. The molecule has 0 radical (unpaired) electrons. The number of anilines is 1. The number of piperazine rings is 1. The zero-order valence-corrected chi connectivity index (χ0v) is 18.6. The number of para-hydroxylation sites is 1. The SMILES string of the molecule is Cc1nn(C2NC(=O)CC(C)N2)c(C)c1CCC(=O)N1CCN(c2ccccc2)CC1. The predicted molar refractivity (Wildman–Crippen MR) is 120 cm³/mol. The van der Waals surface area contributed by atoms with Gasteiger partial charge in [-0.05, 0) is 44.9 Å². The summed E-state index contributed by atoms with van der Waals surface area (Å²) in [6.45, 7) is 9.19. The monoisotopic (exact) mass is 424 g/mol. The van der Waals surface area contributed by atoms with Crippen molar-refractivity contribution in [3.63, 3.8) is 0 Å². The maximum atomic E-state index is 12.8. The molecule has 31 heavy (non-hydrogen) atoms. The highest BCUT2D eigenvalue weighted by Gasteiger charge is 2.27.